The van der Waals surface area contributed by atoms with E-state index >= 15 is 0 Å². The number of carbonyl (C=O) groups is 1. The summed E-state index contributed by atoms with van der Waals surface area (Å²) < 4.78 is 28.4. The monoisotopic (exact) mass is 453 g/mol. The third-order valence-electron chi connectivity index (χ3n) is 5.38. The van der Waals surface area contributed by atoms with Crippen molar-refractivity contribution in [2.24, 2.45) is 0 Å². The second kappa shape index (κ2) is 8.97. The number of hydrogen-bond acceptors (Lipinski definition) is 5. The Kier molecular flexibility index (Phi) is 6.11. The Labute approximate surface area is 185 Å². The quantitative estimate of drug-likeness (QED) is 0.558. The molecule has 3 aromatic rings. The summed E-state index contributed by atoms with van der Waals surface area (Å²) in [5.74, 6) is -1.03. The lowest BCUT2D eigenvalue weighted by atomic mass is 10.2. The number of nitrogens with one attached hydrogen (secondary N) is 1. The molecule has 1 amide bonds. The summed E-state index contributed by atoms with van der Waals surface area (Å²) in [5.41, 5.74) is 0.225. The van der Waals surface area contributed by atoms with Crippen LogP contribution in [0.1, 0.15) is 28.8 Å². The molecule has 4 rings (SSSR count). The maximum Gasteiger partial charge on any atom is 0.263 e. The van der Waals surface area contributed by atoms with E-state index in [2.05, 4.69) is 5.32 Å². The third kappa shape index (κ3) is 4.44. The van der Waals surface area contributed by atoms with Crippen molar-refractivity contribution in [3.63, 3.8) is 0 Å². The fourth-order valence-electron chi connectivity index (χ4n) is 3.66. The molecule has 0 radical (unpaired) electrons. The molecule has 0 saturated carbocycles. The molecule has 1 aliphatic heterocycles. The van der Waals surface area contributed by atoms with Gasteiger partial charge in [0.25, 0.3) is 11.5 Å². The van der Waals surface area contributed by atoms with Crippen LogP contribution in [0.5, 0.6) is 5.75 Å². The smallest absolute Gasteiger partial charge is 0.263 e. The summed E-state index contributed by atoms with van der Waals surface area (Å²) in [6.45, 7) is 1.18. The van der Waals surface area contributed by atoms with E-state index in [4.69, 9.17) is 0 Å². The molecule has 1 aromatic heterocycles. The number of phenols is 1. The summed E-state index contributed by atoms with van der Waals surface area (Å²) in [6, 6.07) is 16.1. The van der Waals surface area contributed by atoms with Gasteiger partial charge in [0.15, 0.2) is 0 Å². The fraction of sp³-hybridized carbons (Fsp3) is 0.217. The maximum absolute atomic E-state index is 12.8. The molecule has 1 saturated heterocycles. The average Bonchev–Trinajstić information content (AvgIpc) is 3.33. The second-order valence-electron chi connectivity index (χ2n) is 7.58. The Hall–Kier alpha value is -3.43. The lowest BCUT2D eigenvalue weighted by Crippen LogP contribution is -2.29. The lowest BCUT2D eigenvalue weighted by molar-refractivity contribution is 0.102. The maximum atomic E-state index is 12.8. The van der Waals surface area contributed by atoms with E-state index < -0.39 is 21.5 Å². The van der Waals surface area contributed by atoms with Crippen LogP contribution in [0.3, 0.4) is 0 Å². The molecular formula is C23H23N3O5S. The molecule has 1 fully saturated rings. The first-order valence-corrected chi connectivity index (χ1v) is 11.7. The molecule has 0 unspecified atom stereocenters. The van der Waals surface area contributed by atoms with Crippen molar-refractivity contribution in [3.05, 3.63) is 88.3 Å². The van der Waals surface area contributed by atoms with Crippen LogP contribution >= 0.6 is 0 Å². The van der Waals surface area contributed by atoms with E-state index in [0.29, 0.717) is 19.6 Å². The van der Waals surface area contributed by atoms with E-state index in [9.17, 15) is 23.1 Å². The van der Waals surface area contributed by atoms with Gasteiger partial charge in [-0.05, 0) is 48.7 Å². The number of phenolic OH excluding ortho intramolecular Hbond substituents is 1. The molecule has 2 aromatic carbocycles. The van der Waals surface area contributed by atoms with Crippen LogP contribution in [-0.2, 0) is 16.6 Å². The summed E-state index contributed by atoms with van der Waals surface area (Å²) in [6.07, 6.45) is 3.18. The number of hydrogen-bond donors (Lipinski definition) is 2. The van der Waals surface area contributed by atoms with Gasteiger partial charge in [0.1, 0.15) is 11.3 Å². The van der Waals surface area contributed by atoms with Crippen molar-refractivity contribution < 1.29 is 18.3 Å². The van der Waals surface area contributed by atoms with Crippen LogP contribution in [0.15, 0.2) is 76.6 Å². The van der Waals surface area contributed by atoms with Crippen molar-refractivity contribution in [2.45, 2.75) is 24.3 Å². The van der Waals surface area contributed by atoms with Gasteiger partial charge in [-0.3, -0.25) is 9.59 Å². The molecule has 0 atom stereocenters. The van der Waals surface area contributed by atoms with Crippen molar-refractivity contribution in [1.82, 2.24) is 8.87 Å². The van der Waals surface area contributed by atoms with Gasteiger partial charge in [-0.25, -0.2) is 8.42 Å². The molecule has 166 valence electrons. The van der Waals surface area contributed by atoms with E-state index in [-0.39, 0.29) is 21.9 Å². The third-order valence-corrected chi connectivity index (χ3v) is 7.27. The molecule has 2 heterocycles. The van der Waals surface area contributed by atoms with Gasteiger partial charge in [0.05, 0.1) is 17.1 Å². The topological polar surface area (TPSA) is 109 Å². The highest BCUT2D eigenvalue weighted by atomic mass is 32.2. The first-order chi connectivity index (χ1) is 15.4. The van der Waals surface area contributed by atoms with Crippen molar-refractivity contribution in [1.29, 1.82) is 0 Å². The van der Waals surface area contributed by atoms with E-state index in [1.165, 1.54) is 33.1 Å². The summed E-state index contributed by atoms with van der Waals surface area (Å²) in [7, 11) is -3.72. The minimum Gasteiger partial charge on any atom is -0.506 e. The van der Waals surface area contributed by atoms with Gasteiger partial charge in [0, 0.05) is 19.3 Å². The van der Waals surface area contributed by atoms with Gasteiger partial charge in [-0.2, -0.15) is 4.31 Å². The Morgan fingerprint density at radius 1 is 1.00 bits per heavy atom. The minimum atomic E-state index is -3.72. The highest BCUT2D eigenvalue weighted by Gasteiger charge is 2.28. The second-order valence-corrected chi connectivity index (χ2v) is 9.52. The Bertz CT molecular complexity index is 1300. The van der Waals surface area contributed by atoms with Crippen LogP contribution in [0.25, 0.3) is 0 Å². The number of aromatic hydroxyl groups is 1. The molecule has 8 nitrogen and oxygen atoms in total. The highest BCUT2D eigenvalue weighted by Crippen LogP contribution is 2.29. The number of benzene rings is 2. The fourth-order valence-corrected chi connectivity index (χ4v) is 5.20. The zero-order chi connectivity index (χ0) is 22.7. The number of amides is 1. The molecule has 0 spiro atoms. The summed E-state index contributed by atoms with van der Waals surface area (Å²) in [4.78, 5) is 25.6. The number of carbonyl (C=O) groups excluding carboxylic acids is 1. The number of anilines is 1. The predicted molar refractivity (Wildman–Crippen MR) is 120 cm³/mol. The SMILES string of the molecule is O=C(Nc1cc(S(=O)(=O)N2CCCC2)ccc1O)c1cccn(Cc2ccccc2)c1=O. The molecule has 9 heteroatoms. The number of sulfonamides is 1. The lowest BCUT2D eigenvalue weighted by Gasteiger charge is -2.17. The molecule has 0 bridgehead atoms. The molecule has 0 aliphatic carbocycles. The zero-order valence-corrected chi connectivity index (χ0v) is 18.1. The molecule has 1 aliphatic rings. The number of nitrogens with zero attached hydrogens (tertiary/aromatic N) is 2. The standard InChI is InChI=1S/C23H23N3O5S/c27-21-11-10-18(32(30,31)26-13-4-5-14-26)15-20(21)24-22(28)19-9-6-12-25(23(19)29)16-17-7-2-1-3-8-17/h1-3,6-12,15,27H,4-5,13-14,16H2,(H,24,28). The predicted octanol–water partition coefficient (Wildman–Crippen LogP) is 2.64. The van der Waals surface area contributed by atoms with E-state index in [1.54, 1.807) is 12.3 Å². The average molecular weight is 454 g/mol. The van der Waals surface area contributed by atoms with Crippen LogP contribution in [0.2, 0.25) is 0 Å². The van der Waals surface area contributed by atoms with E-state index in [0.717, 1.165) is 18.4 Å². The van der Waals surface area contributed by atoms with Gasteiger partial charge in [-0.1, -0.05) is 30.3 Å². The highest BCUT2D eigenvalue weighted by molar-refractivity contribution is 7.89. The number of pyridine rings is 1. The van der Waals surface area contributed by atoms with Crippen molar-refractivity contribution >= 4 is 21.6 Å². The Morgan fingerprint density at radius 2 is 1.72 bits per heavy atom. The van der Waals surface area contributed by atoms with Crippen LogP contribution in [0.4, 0.5) is 5.69 Å². The van der Waals surface area contributed by atoms with Gasteiger partial charge in [-0.15, -0.1) is 0 Å². The molecule has 2 N–H and O–H groups in total. The number of aromatic nitrogens is 1. The van der Waals surface area contributed by atoms with Gasteiger partial charge in [0.2, 0.25) is 10.0 Å². The minimum absolute atomic E-state index is 0.0259. The first kappa shape index (κ1) is 21.8. The zero-order valence-electron chi connectivity index (χ0n) is 17.3. The Morgan fingerprint density at radius 3 is 2.44 bits per heavy atom. The Balaban J connectivity index is 1.59. The first-order valence-electron chi connectivity index (χ1n) is 10.2. The molecular weight excluding hydrogens is 430 g/mol. The summed E-state index contributed by atoms with van der Waals surface area (Å²) in [5, 5.41) is 12.7. The van der Waals surface area contributed by atoms with Gasteiger partial charge < -0.3 is 15.0 Å². The van der Waals surface area contributed by atoms with Crippen molar-refractivity contribution in [2.75, 3.05) is 18.4 Å². The van der Waals surface area contributed by atoms with Crippen LogP contribution in [0, 0.1) is 0 Å². The van der Waals surface area contributed by atoms with Crippen LogP contribution in [-0.4, -0.2) is 41.4 Å². The van der Waals surface area contributed by atoms with Crippen LogP contribution < -0.4 is 10.9 Å². The summed E-state index contributed by atoms with van der Waals surface area (Å²) >= 11 is 0. The van der Waals surface area contributed by atoms with E-state index in [1.807, 2.05) is 30.3 Å². The normalized spacial score (nSPS) is 14.4. The van der Waals surface area contributed by atoms with Crippen molar-refractivity contribution in [3.8, 4) is 5.75 Å². The van der Waals surface area contributed by atoms with Gasteiger partial charge >= 0.3 is 0 Å². The molecule has 32 heavy (non-hydrogen) atoms. The number of rotatable bonds is 6. The largest absolute Gasteiger partial charge is 0.506 e.